The van der Waals surface area contributed by atoms with Gasteiger partial charge in [-0.2, -0.15) is 0 Å². The minimum absolute atomic E-state index is 0.0122. The highest BCUT2D eigenvalue weighted by molar-refractivity contribution is 5.70. The highest BCUT2D eigenvalue weighted by atomic mass is 16.5. The van der Waals surface area contributed by atoms with Crippen LogP contribution in [0.4, 0.5) is 4.79 Å². The first-order chi connectivity index (χ1) is 12.5. The summed E-state index contributed by atoms with van der Waals surface area (Å²) < 4.78 is 5.07. The Bertz CT molecular complexity index is 821. The number of alkyl carbamates (subject to hydrolysis) is 1. The van der Waals surface area contributed by atoms with E-state index in [4.69, 9.17) is 9.84 Å². The predicted octanol–water partition coefficient (Wildman–Crippen LogP) is 2.69. The topological polar surface area (TPSA) is 95.9 Å². The maximum absolute atomic E-state index is 11.6. The Kier molecular flexibility index (Phi) is 7.07. The smallest absolute Gasteiger partial charge is 0.407 e. The highest BCUT2D eigenvalue weighted by Gasteiger charge is 2.04. The number of nitrogens with one attached hydrogen (secondary N) is 1. The quantitative estimate of drug-likeness (QED) is 0.548. The third-order valence-corrected chi connectivity index (χ3v) is 3.37. The van der Waals surface area contributed by atoms with Gasteiger partial charge in [-0.25, -0.2) is 4.79 Å². The number of phenols is 1. The second-order valence-electron chi connectivity index (χ2n) is 5.46. The summed E-state index contributed by atoms with van der Waals surface area (Å²) in [5, 5.41) is 21.1. The molecule has 0 bridgehead atoms. The first-order valence-corrected chi connectivity index (χ1v) is 8.01. The molecule has 0 spiro atoms. The van der Waals surface area contributed by atoms with Gasteiger partial charge in [-0.1, -0.05) is 48.2 Å². The van der Waals surface area contributed by atoms with Crippen LogP contribution in [0, 0.1) is 11.8 Å². The molecule has 6 nitrogen and oxygen atoms in total. The first-order valence-electron chi connectivity index (χ1n) is 8.01. The number of carboxylic acids is 1. The molecule has 0 atom stereocenters. The Hall–Kier alpha value is -3.46. The molecular formula is C20H19NO5. The molecule has 0 aliphatic heterocycles. The van der Waals surface area contributed by atoms with Gasteiger partial charge in [0, 0.05) is 13.0 Å². The lowest BCUT2D eigenvalue weighted by atomic mass is 10.1. The molecule has 0 aromatic heterocycles. The van der Waals surface area contributed by atoms with Crippen LogP contribution in [-0.4, -0.2) is 28.8 Å². The van der Waals surface area contributed by atoms with E-state index >= 15 is 0 Å². The molecule has 3 N–H and O–H groups in total. The number of phenolic OH excluding ortho intramolecular Hbond substituents is 1. The molecule has 26 heavy (non-hydrogen) atoms. The van der Waals surface area contributed by atoms with Crippen LogP contribution in [0.25, 0.3) is 0 Å². The molecule has 0 aliphatic carbocycles. The van der Waals surface area contributed by atoms with Crippen molar-refractivity contribution in [3.05, 3.63) is 65.2 Å². The summed E-state index contributed by atoms with van der Waals surface area (Å²) in [5.74, 6) is 4.63. The average molecular weight is 353 g/mol. The molecule has 0 unspecified atom stereocenters. The molecule has 0 aliphatic rings. The fourth-order valence-electron chi connectivity index (χ4n) is 2.13. The molecule has 0 heterocycles. The van der Waals surface area contributed by atoms with Gasteiger partial charge >= 0.3 is 12.1 Å². The summed E-state index contributed by atoms with van der Waals surface area (Å²) in [7, 11) is 0. The Morgan fingerprint density at radius 3 is 2.58 bits per heavy atom. The highest BCUT2D eigenvalue weighted by Crippen LogP contribution is 2.17. The van der Waals surface area contributed by atoms with Gasteiger partial charge in [0.15, 0.2) is 0 Å². The second kappa shape index (κ2) is 9.74. The number of carbonyl (C=O) groups is 2. The Labute approximate surface area is 151 Å². The van der Waals surface area contributed by atoms with Crippen molar-refractivity contribution in [3.8, 4) is 17.6 Å². The van der Waals surface area contributed by atoms with E-state index < -0.39 is 12.1 Å². The minimum Gasteiger partial charge on any atom is -0.507 e. The van der Waals surface area contributed by atoms with E-state index in [9.17, 15) is 14.7 Å². The molecule has 2 aromatic rings. The van der Waals surface area contributed by atoms with Crippen LogP contribution >= 0.6 is 0 Å². The Morgan fingerprint density at radius 2 is 1.85 bits per heavy atom. The average Bonchev–Trinajstić information content (AvgIpc) is 2.62. The number of carboxylic acid groups (broad SMARTS) is 1. The summed E-state index contributed by atoms with van der Waals surface area (Å²) in [4.78, 5) is 22.3. The molecular weight excluding hydrogens is 334 g/mol. The van der Waals surface area contributed by atoms with Crippen LogP contribution in [-0.2, 0) is 22.6 Å². The standard InChI is InChI=1S/C20H19NO5/c22-18-10-9-16(13-19(23)24)12-17(18)8-4-5-11-21-20(25)26-14-15-6-2-1-3-7-15/h1-3,6-7,9-10,12,22H,5,11,13-14H2,(H,21,25)(H,23,24). The van der Waals surface area contributed by atoms with E-state index in [1.165, 1.54) is 12.1 Å². The van der Waals surface area contributed by atoms with E-state index in [0.29, 0.717) is 24.1 Å². The summed E-state index contributed by atoms with van der Waals surface area (Å²) in [5.41, 5.74) is 1.82. The van der Waals surface area contributed by atoms with Crippen LogP contribution in [0.2, 0.25) is 0 Å². The van der Waals surface area contributed by atoms with Crippen molar-refractivity contribution in [2.75, 3.05) is 6.54 Å². The number of hydrogen-bond acceptors (Lipinski definition) is 4. The van der Waals surface area contributed by atoms with Gasteiger partial charge < -0.3 is 20.3 Å². The van der Waals surface area contributed by atoms with Crippen molar-refractivity contribution in [1.29, 1.82) is 0 Å². The van der Waals surface area contributed by atoms with Crippen LogP contribution in [0.3, 0.4) is 0 Å². The van der Waals surface area contributed by atoms with Crippen LogP contribution in [0.1, 0.15) is 23.1 Å². The van der Waals surface area contributed by atoms with Gasteiger partial charge in [-0.05, 0) is 23.3 Å². The zero-order chi connectivity index (χ0) is 18.8. The van der Waals surface area contributed by atoms with Gasteiger partial charge in [-0.3, -0.25) is 4.79 Å². The van der Waals surface area contributed by atoms with Crippen LogP contribution in [0.15, 0.2) is 48.5 Å². The van der Waals surface area contributed by atoms with E-state index in [0.717, 1.165) is 5.56 Å². The zero-order valence-corrected chi connectivity index (χ0v) is 14.1. The number of amides is 1. The second-order valence-corrected chi connectivity index (χ2v) is 5.46. The van der Waals surface area contributed by atoms with Gasteiger partial charge in [0.25, 0.3) is 0 Å². The van der Waals surface area contributed by atoms with E-state index in [2.05, 4.69) is 17.2 Å². The van der Waals surface area contributed by atoms with E-state index in [1.807, 2.05) is 30.3 Å². The largest absolute Gasteiger partial charge is 0.507 e. The number of benzene rings is 2. The van der Waals surface area contributed by atoms with Gasteiger partial charge in [0.05, 0.1) is 12.0 Å². The molecule has 0 radical (unpaired) electrons. The SMILES string of the molecule is O=C(O)Cc1ccc(O)c(C#CCCNC(=O)OCc2ccccc2)c1. The summed E-state index contributed by atoms with van der Waals surface area (Å²) in [6.07, 6.45) is -0.297. The number of ether oxygens (including phenoxy) is 1. The van der Waals surface area contributed by atoms with E-state index in [1.54, 1.807) is 6.07 Å². The fraction of sp³-hybridized carbons (Fsp3) is 0.200. The number of aromatic hydroxyl groups is 1. The normalized spacial score (nSPS) is 9.69. The lowest BCUT2D eigenvalue weighted by Gasteiger charge is -2.05. The van der Waals surface area contributed by atoms with Crippen molar-refractivity contribution in [2.24, 2.45) is 0 Å². The third-order valence-electron chi connectivity index (χ3n) is 3.37. The molecule has 2 aromatic carbocycles. The maximum atomic E-state index is 11.6. The zero-order valence-electron chi connectivity index (χ0n) is 14.1. The van der Waals surface area contributed by atoms with Crippen molar-refractivity contribution >= 4 is 12.1 Å². The Morgan fingerprint density at radius 1 is 1.08 bits per heavy atom. The predicted molar refractivity (Wildman–Crippen MR) is 95.6 cm³/mol. The molecule has 0 saturated carbocycles. The van der Waals surface area contributed by atoms with Crippen molar-refractivity contribution in [1.82, 2.24) is 5.32 Å². The summed E-state index contributed by atoms with van der Waals surface area (Å²) >= 11 is 0. The lowest BCUT2D eigenvalue weighted by molar-refractivity contribution is -0.136. The molecule has 1 amide bonds. The molecule has 6 heteroatoms. The number of rotatable bonds is 6. The van der Waals surface area contributed by atoms with E-state index in [-0.39, 0.29) is 18.8 Å². The van der Waals surface area contributed by atoms with Crippen molar-refractivity contribution < 1.29 is 24.5 Å². The number of hydrogen-bond donors (Lipinski definition) is 3. The van der Waals surface area contributed by atoms with Crippen molar-refractivity contribution in [3.63, 3.8) is 0 Å². The minimum atomic E-state index is -0.951. The number of carbonyl (C=O) groups excluding carboxylic acids is 1. The molecule has 0 saturated heterocycles. The first kappa shape index (κ1) is 18.9. The fourth-order valence-corrected chi connectivity index (χ4v) is 2.13. The van der Waals surface area contributed by atoms with Crippen LogP contribution < -0.4 is 5.32 Å². The molecule has 2 rings (SSSR count). The number of aliphatic carboxylic acids is 1. The van der Waals surface area contributed by atoms with Crippen molar-refractivity contribution in [2.45, 2.75) is 19.4 Å². The van der Waals surface area contributed by atoms with Gasteiger partial charge in [0.2, 0.25) is 0 Å². The summed E-state index contributed by atoms with van der Waals surface area (Å²) in [6, 6.07) is 13.9. The maximum Gasteiger partial charge on any atom is 0.407 e. The molecule has 134 valence electrons. The Balaban J connectivity index is 1.76. The molecule has 0 fully saturated rings. The summed E-state index contributed by atoms with van der Waals surface area (Å²) in [6.45, 7) is 0.499. The third kappa shape index (κ3) is 6.57. The lowest BCUT2D eigenvalue weighted by Crippen LogP contribution is -2.24. The van der Waals surface area contributed by atoms with Gasteiger partial charge in [-0.15, -0.1) is 0 Å². The van der Waals surface area contributed by atoms with Crippen LogP contribution in [0.5, 0.6) is 5.75 Å². The monoisotopic (exact) mass is 353 g/mol. The van der Waals surface area contributed by atoms with Gasteiger partial charge in [0.1, 0.15) is 12.4 Å².